The van der Waals surface area contributed by atoms with Gasteiger partial charge < -0.3 is 0 Å². The standard InChI is InChI=1S/C15H7F3N4/c16-11-7-6-10(13(17)14(11)18)15-12(8-19)20-21-22(15)9-4-2-1-3-5-9/h1-7H. The second kappa shape index (κ2) is 5.33. The third-order valence-corrected chi connectivity index (χ3v) is 3.07. The van der Waals surface area contributed by atoms with E-state index in [-0.39, 0.29) is 17.0 Å². The zero-order chi connectivity index (χ0) is 15.7. The second-order valence-corrected chi connectivity index (χ2v) is 4.37. The predicted molar refractivity (Wildman–Crippen MR) is 71.4 cm³/mol. The van der Waals surface area contributed by atoms with Crippen LogP contribution in [0.2, 0.25) is 0 Å². The van der Waals surface area contributed by atoms with Crippen LogP contribution in [0.4, 0.5) is 13.2 Å². The fourth-order valence-corrected chi connectivity index (χ4v) is 2.06. The van der Waals surface area contributed by atoms with Crippen LogP contribution in [0.15, 0.2) is 42.5 Å². The highest BCUT2D eigenvalue weighted by molar-refractivity contribution is 5.67. The van der Waals surface area contributed by atoms with Crippen LogP contribution < -0.4 is 0 Å². The lowest BCUT2D eigenvalue weighted by Gasteiger charge is -2.08. The number of aromatic nitrogens is 3. The monoisotopic (exact) mass is 300 g/mol. The fourth-order valence-electron chi connectivity index (χ4n) is 2.06. The minimum atomic E-state index is -1.61. The normalized spacial score (nSPS) is 10.5. The molecule has 1 heterocycles. The zero-order valence-electron chi connectivity index (χ0n) is 11.0. The molecule has 0 N–H and O–H groups in total. The van der Waals surface area contributed by atoms with Crippen molar-refractivity contribution in [2.45, 2.75) is 0 Å². The van der Waals surface area contributed by atoms with Gasteiger partial charge in [0.15, 0.2) is 23.1 Å². The quantitative estimate of drug-likeness (QED) is 0.683. The van der Waals surface area contributed by atoms with Crippen molar-refractivity contribution in [2.75, 3.05) is 0 Å². The molecule has 108 valence electrons. The summed E-state index contributed by atoms with van der Waals surface area (Å²) in [5.74, 6) is -4.31. The molecule has 0 spiro atoms. The Morgan fingerprint density at radius 2 is 1.68 bits per heavy atom. The van der Waals surface area contributed by atoms with Gasteiger partial charge in [-0.15, -0.1) is 5.10 Å². The Kier molecular flexibility index (Phi) is 3.35. The maximum absolute atomic E-state index is 14.0. The second-order valence-electron chi connectivity index (χ2n) is 4.37. The Morgan fingerprint density at radius 1 is 0.955 bits per heavy atom. The SMILES string of the molecule is N#Cc1nnn(-c2ccccc2)c1-c1ccc(F)c(F)c1F. The van der Waals surface area contributed by atoms with Crippen LogP contribution in [0.3, 0.4) is 0 Å². The number of para-hydroxylation sites is 1. The van der Waals surface area contributed by atoms with Gasteiger partial charge in [-0.25, -0.2) is 17.9 Å². The van der Waals surface area contributed by atoms with Crippen LogP contribution >= 0.6 is 0 Å². The van der Waals surface area contributed by atoms with Gasteiger partial charge in [-0.3, -0.25) is 0 Å². The van der Waals surface area contributed by atoms with Gasteiger partial charge in [0.1, 0.15) is 11.8 Å². The maximum atomic E-state index is 14.0. The summed E-state index contributed by atoms with van der Waals surface area (Å²) in [6, 6.07) is 12.1. The highest BCUT2D eigenvalue weighted by atomic mass is 19.2. The third kappa shape index (κ3) is 2.11. The summed E-state index contributed by atoms with van der Waals surface area (Å²) in [5.41, 5.74) is -0.00111. The lowest BCUT2D eigenvalue weighted by Crippen LogP contribution is -2.02. The molecule has 0 aliphatic heterocycles. The van der Waals surface area contributed by atoms with Gasteiger partial charge in [-0.1, -0.05) is 23.4 Å². The number of halogens is 3. The number of nitrogens with zero attached hydrogens (tertiary/aromatic N) is 4. The number of benzene rings is 2. The fraction of sp³-hybridized carbons (Fsp3) is 0. The first-order chi connectivity index (χ1) is 10.6. The molecule has 7 heteroatoms. The molecule has 0 atom stereocenters. The van der Waals surface area contributed by atoms with Crippen LogP contribution in [0, 0.1) is 28.8 Å². The number of rotatable bonds is 2. The molecule has 0 radical (unpaired) electrons. The van der Waals surface area contributed by atoms with Gasteiger partial charge in [0, 0.05) is 5.56 Å². The Bertz CT molecular complexity index is 882. The van der Waals surface area contributed by atoms with Gasteiger partial charge in [0.2, 0.25) is 0 Å². The van der Waals surface area contributed by atoms with E-state index in [9.17, 15) is 13.2 Å². The molecule has 0 aliphatic rings. The summed E-state index contributed by atoms with van der Waals surface area (Å²) in [6.07, 6.45) is 0. The van der Waals surface area contributed by atoms with E-state index in [4.69, 9.17) is 5.26 Å². The highest BCUT2D eigenvalue weighted by Gasteiger charge is 2.22. The van der Waals surface area contributed by atoms with Gasteiger partial charge in [0.25, 0.3) is 0 Å². The lowest BCUT2D eigenvalue weighted by molar-refractivity contribution is 0.448. The van der Waals surface area contributed by atoms with E-state index in [1.54, 1.807) is 36.4 Å². The third-order valence-electron chi connectivity index (χ3n) is 3.07. The van der Waals surface area contributed by atoms with E-state index in [1.165, 1.54) is 4.68 Å². The van der Waals surface area contributed by atoms with Crippen molar-refractivity contribution in [3.8, 4) is 23.0 Å². The molecule has 3 aromatic rings. The number of hydrogen-bond donors (Lipinski definition) is 0. The largest absolute Gasteiger partial charge is 0.211 e. The molecule has 0 saturated heterocycles. The minimum Gasteiger partial charge on any atom is -0.211 e. The van der Waals surface area contributed by atoms with Crippen LogP contribution in [-0.4, -0.2) is 15.0 Å². The Morgan fingerprint density at radius 3 is 2.36 bits per heavy atom. The topological polar surface area (TPSA) is 54.5 Å². The van der Waals surface area contributed by atoms with E-state index >= 15 is 0 Å². The molecule has 4 nitrogen and oxygen atoms in total. The van der Waals surface area contributed by atoms with Gasteiger partial charge in [-0.05, 0) is 24.3 Å². The zero-order valence-corrected chi connectivity index (χ0v) is 11.0. The molecule has 2 aromatic carbocycles. The Hall–Kier alpha value is -3.14. The predicted octanol–water partition coefficient (Wildman–Crippen LogP) is 3.22. The van der Waals surface area contributed by atoms with Crippen molar-refractivity contribution in [3.05, 3.63) is 65.6 Å². The van der Waals surface area contributed by atoms with Crippen LogP contribution in [0.1, 0.15) is 5.69 Å². The molecule has 0 fully saturated rings. The van der Waals surface area contributed by atoms with Crippen molar-refractivity contribution >= 4 is 0 Å². The van der Waals surface area contributed by atoms with Crippen molar-refractivity contribution < 1.29 is 13.2 Å². The summed E-state index contributed by atoms with van der Waals surface area (Å²) in [6.45, 7) is 0. The Balaban J connectivity index is 2.30. The first-order valence-electron chi connectivity index (χ1n) is 6.18. The molecule has 0 bridgehead atoms. The maximum Gasteiger partial charge on any atom is 0.195 e. The molecule has 3 rings (SSSR count). The van der Waals surface area contributed by atoms with Crippen LogP contribution in [-0.2, 0) is 0 Å². The summed E-state index contributed by atoms with van der Waals surface area (Å²) in [4.78, 5) is 0. The first kappa shape index (κ1) is 13.8. The smallest absolute Gasteiger partial charge is 0.195 e. The van der Waals surface area contributed by atoms with Gasteiger partial charge in [-0.2, -0.15) is 5.26 Å². The van der Waals surface area contributed by atoms with E-state index in [2.05, 4.69) is 10.3 Å². The molecule has 22 heavy (non-hydrogen) atoms. The van der Waals surface area contributed by atoms with E-state index in [1.807, 2.05) is 0 Å². The minimum absolute atomic E-state index is 0.0369. The van der Waals surface area contributed by atoms with E-state index < -0.39 is 17.5 Å². The van der Waals surface area contributed by atoms with E-state index in [0.29, 0.717) is 5.69 Å². The van der Waals surface area contributed by atoms with Crippen LogP contribution in [0.5, 0.6) is 0 Å². The van der Waals surface area contributed by atoms with Gasteiger partial charge in [0.05, 0.1) is 5.69 Å². The summed E-state index contributed by atoms with van der Waals surface area (Å²) in [5, 5.41) is 16.5. The average molecular weight is 300 g/mol. The van der Waals surface area contributed by atoms with E-state index in [0.717, 1.165) is 12.1 Å². The summed E-state index contributed by atoms with van der Waals surface area (Å²) < 4.78 is 41.8. The summed E-state index contributed by atoms with van der Waals surface area (Å²) >= 11 is 0. The van der Waals surface area contributed by atoms with Crippen LogP contribution in [0.25, 0.3) is 16.9 Å². The Labute approximate surface area is 123 Å². The number of nitriles is 1. The van der Waals surface area contributed by atoms with Crippen molar-refractivity contribution in [1.82, 2.24) is 15.0 Å². The van der Waals surface area contributed by atoms with Crippen molar-refractivity contribution in [2.24, 2.45) is 0 Å². The average Bonchev–Trinajstić information content (AvgIpc) is 2.97. The molecular formula is C15H7F3N4. The lowest BCUT2D eigenvalue weighted by atomic mass is 10.1. The van der Waals surface area contributed by atoms with Crippen molar-refractivity contribution in [1.29, 1.82) is 5.26 Å². The molecule has 0 saturated carbocycles. The molecule has 0 unspecified atom stereocenters. The number of hydrogen-bond acceptors (Lipinski definition) is 3. The molecule has 1 aromatic heterocycles. The molecular weight excluding hydrogens is 293 g/mol. The van der Waals surface area contributed by atoms with Crippen molar-refractivity contribution in [3.63, 3.8) is 0 Å². The molecule has 0 amide bonds. The summed E-state index contributed by atoms with van der Waals surface area (Å²) in [7, 11) is 0. The first-order valence-corrected chi connectivity index (χ1v) is 6.18. The molecule has 0 aliphatic carbocycles. The van der Waals surface area contributed by atoms with Gasteiger partial charge >= 0.3 is 0 Å². The highest BCUT2D eigenvalue weighted by Crippen LogP contribution is 2.29.